The van der Waals surface area contributed by atoms with Gasteiger partial charge in [-0.1, -0.05) is 54.6 Å². The van der Waals surface area contributed by atoms with Crippen molar-refractivity contribution in [2.24, 2.45) is 4.99 Å². The first kappa shape index (κ1) is 22.6. The van der Waals surface area contributed by atoms with Gasteiger partial charge in [0, 0.05) is 26.7 Å². The maximum atomic E-state index is 5.83. The minimum absolute atomic E-state index is 0. The van der Waals surface area contributed by atoms with Crippen LogP contribution in [0, 0.1) is 0 Å². The Bertz CT molecular complexity index is 719. The van der Waals surface area contributed by atoms with Gasteiger partial charge >= 0.3 is 0 Å². The van der Waals surface area contributed by atoms with Crippen molar-refractivity contribution < 1.29 is 9.47 Å². The summed E-state index contributed by atoms with van der Waals surface area (Å²) in [6, 6.07) is 18.7. The van der Waals surface area contributed by atoms with Crippen molar-refractivity contribution in [1.29, 1.82) is 0 Å². The minimum Gasteiger partial charge on any atom is -0.376 e. The highest BCUT2D eigenvalue weighted by Gasteiger charge is 2.15. The number of hydrogen-bond acceptors (Lipinski definition) is 3. The van der Waals surface area contributed by atoms with E-state index in [9.17, 15) is 0 Å². The fourth-order valence-corrected chi connectivity index (χ4v) is 3.11. The zero-order chi connectivity index (χ0) is 18.7. The lowest BCUT2D eigenvalue weighted by Gasteiger charge is -2.15. The molecule has 1 unspecified atom stereocenters. The molecule has 0 saturated carbocycles. The Kier molecular flexibility index (Phi) is 10.3. The Balaban J connectivity index is 0.00000280. The number of benzene rings is 2. The van der Waals surface area contributed by atoms with Gasteiger partial charge in [-0.05, 0) is 29.5 Å². The summed E-state index contributed by atoms with van der Waals surface area (Å²) in [6.45, 7) is 3.63. The van der Waals surface area contributed by atoms with Gasteiger partial charge in [-0.15, -0.1) is 24.0 Å². The predicted molar refractivity (Wildman–Crippen MR) is 124 cm³/mol. The zero-order valence-corrected chi connectivity index (χ0v) is 18.7. The van der Waals surface area contributed by atoms with E-state index in [2.05, 4.69) is 52.0 Å². The van der Waals surface area contributed by atoms with Gasteiger partial charge in [0.2, 0.25) is 0 Å². The number of guanidine groups is 1. The molecular weight excluding hydrogens is 465 g/mol. The number of rotatable bonds is 8. The normalized spacial score (nSPS) is 16.5. The van der Waals surface area contributed by atoms with E-state index in [1.54, 1.807) is 7.05 Å². The molecule has 5 nitrogen and oxygen atoms in total. The molecular formula is C22H30IN3O2. The topological polar surface area (TPSA) is 54.9 Å². The molecule has 0 aliphatic carbocycles. The van der Waals surface area contributed by atoms with E-state index in [-0.39, 0.29) is 24.0 Å². The number of nitrogens with one attached hydrogen (secondary N) is 2. The molecule has 2 aromatic carbocycles. The van der Waals surface area contributed by atoms with Crippen molar-refractivity contribution in [3.05, 3.63) is 71.3 Å². The second kappa shape index (κ2) is 12.7. The van der Waals surface area contributed by atoms with E-state index in [1.165, 1.54) is 16.7 Å². The van der Waals surface area contributed by atoms with Crippen LogP contribution < -0.4 is 10.6 Å². The van der Waals surface area contributed by atoms with Crippen LogP contribution in [0.4, 0.5) is 0 Å². The van der Waals surface area contributed by atoms with Gasteiger partial charge < -0.3 is 20.1 Å². The molecule has 1 atom stereocenters. The SMILES string of the molecule is CN=C(NCc1cccc(COCc2ccccc2)c1)NCC1CCCO1.I. The molecule has 3 rings (SSSR count). The second-order valence-electron chi connectivity index (χ2n) is 6.74. The van der Waals surface area contributed by atoms with E-state index in [0.29, 0.717) is 19.3 Å². The number of nitrogens with zero attached hydrogens (tertiary/aromatic N) is 1. The summed E-state index contributed by atoms with van der Waals surface area (Å²) in [5.74, 6) is 0.802. The fraction of sp³-hybridized carbons (Fsp3) is 0.409. The summed E-state index contributed by atoms with van der Waals surface area (Å²) < 4.78 is 11.5. The van der Waals surface area contributed by atoms with Crippen LogP contribution in [0.15, 0.2) is 59.6 Å². The van der Waals surface area contributed by atoms with Gasteiger partial charge in [-0.3, -0.25) is 4.99 Å². The number of halogens is 1. The zero-order valence-electron chi connectivity index (χ0n) is 16.4. The molecule has 0 bridgehead atoms. The third-order valence-corrected chi connectivity index (χ3v) is 4.58. The van der Waals surface area contributed by atoms with Crippen LogP contribution in [0.1, 0.15) is 29.5 Å². The molecule has 28 heavy (non-hydrogen) atoms. The highest BCUT2D eigenvalue weighted by atomic mass is 127. The van der Waals surface area contributed by atoms with E-state index in [0.717, 1.165) is 38.5 Å². The van der Waals surface area contributed by atoms with E-state index in [4.69, 9.17) is 9.47 Å². The average molecular weight is 495 g/mol. The first-order valence-corrected chi connectivity index (χ1v) is 9.59. The van der Waals surface area contributed by atoms with Crippen LogP contribution in [0.3, 0.4) is 0 Å². The maximum Gasteiger partial charge on any atom is 0.191 e. The summed E-state index contributed by atoms with van der Waals surface area (Å²) >= 11 is 0. The van der Waals surface area contributed by atoms with Gasteiger partial charge in [0.05, 0.1) is 19.3 Å². The Morgan fingerprint density at radius 3 is 2.54 bits per heavy atom. The minimum atomic E-state index is 0. The quantitative estimate of drug-likeness (QED) is 0.332. The van der Waals surface area contributed by atoms with Gasteiger partial charge in [-0.2, -0.15) is 0 Å². The fourth-order valence-electron chi connectivity index (χ4n) is 3.11. The largest absolute Gasteiger partial charge is 0.376 e. The molecule has 1 aliphatic rings. The highest BCUT2D eigenvalue weighted by Crippen LogP contribution is 2.11. The smallest absolute Gasteiger partial charge is 0.191 e. The summed E-state index contributed by atoms with van der Waals surface area (Å²) in [6.07, 6.45) is 2.57. The van der Waals surface area contributed by atoms with Crippen LogP contribution in [0.25, 0.3) is 0 Å². The molecule has 2 aromatic rings. The van der Waals surface area contributed by atoms with E-state index >= 15 is 0 Å². The highest BCUT2D eigenvalue weighted by molar-refractivity contribution is 14.0. The molecule has 2 N–H and O–H groups in total. The monoisotopic (exact) mass is 495 g/mol. The lowest BCUT2D eigenvalue weighted by Crippen LogP contribution is -2.40. The van der Waals surface area contributed by atoms with Crippen molar-refractivity contribution in [1.82, 2.24) is 10.6 Å². The van der Waals surface area contributed by atoms with Crippen LogP contribution in [0.2, 0.25) is 0 Å². The molecule has 152 valence electrons. The third-order valence-electron chi connectivity index (χ3n) is 4.58. The van der Waals surface area contributed by atoms with Crippen molar-refractivity contribution in [3.63, 3.8) is 0 Å². The standard InChI is InChI=1S/C22H29N3O2.HI/c1-23-22(25-15-21-11-6-12-27-21)24-14-19-9-5-10-20(13-19)17-26-16-18-7-3-2-4-8-18;/h2-5,7-10,13,21H,6,11-12,14-17H2,1H3,(H2,23,24,25);1H. The molecule has 1 heterocycles. The van der Waals surface area contributed by atoms with Crippen molar-refractivity contribution in [2.45, 2.75) is 38.7 Å². The number of aliphatic imine (C=N–C) groups is 1. The molecule has 0 amide bonds. The van der Waals surface area contributed by atoms with Crippen molar-refractivity contribution >= 4 is 29.9 Å². The first-order chi connectivity index (χ1) is 13.3. The first-order valence-electron chi connectivity index (χ1n) is 9.59. The summed E-state index contributed by atoms with van der Waals surface area (Å²) in [4.78, 5) is 4.28. The summed E-state index contributed by atoms with van der Waals surface area (Å²) in [5, 5.41) is 6.70. The Morgan fingerprint density at radius 2 is 1.79 bits per heavy atom. The van der Waals surface area contributed by atoms with Gasteiger partial charge in [0.15, 0.2) is 5.96 Å². The molecule has 0 spiro atoms. The Hall–Kier alpha value is -1.64. The lowest BCUT2D eigenvalue weighted by molar-refractivity contribution is 0.107. The molecule has 1 aliphatic heterocycles. The summed E-state index contributed by atoms with van der Waals surface area (Å²) in [5.41, 5.74) is 3.57. The van der Waals surface area contributed by atoms with Crippen LogP contribution in [-0.2, 0) is 29.2 Å². The molecule has 6 heteroatoms. The van der Waals surface area contributed by atoms with Crippen LogP contribution >= 0.6 is 24.0 Å². The van der Waals surface area contributed by atoms with E-state index < -0.39 is 0 Å². The van der Waals surface area contributed by atoms with Crippen molar-refractivity contribution in [2.75, 3.05) is 20.2 Å². The third kappa shape index (κ3) is 7.77. The van der Waals surface area contributed by atoms with Crippen molar-refractivity contribution in [3.8, 4) is 0 Å². The van der Waals surface area contributed by atoms with E-state index in [1.807, 2.05) is 18.2 Å². The average Bonchev–Trinajstić information content (AvgIpc) is 3.23. The Labute approximate surface area is 184 Å². The van der Waals surface area contributed by atoms with Crippen LogP contribution in [-0.4, -0.2) is 32.3 Å². The molecule has 0 radical (unpaired) electrons. The number of hydrogen-bond donors (Lipinski definition) is 2. The summed E-state index contributed by atoms with van der Waals surface area (Å²) in [7, 11) is 1.79. The molecule has 1 saturated heterocycles. The Morgan fingerprint density at radius 1 is 1.04 bits per heavy atom. The molecule has 0 aromatic heterocycles. The lowest BCUT2D eigenvalue weighted by atomic mass is 10.1. The second-order valence-corrected chi connectivity index (χ2v) is 6.74. The predicted octanol–water partition coefficient (Wildman–Crippen LogP) is 3.87. The molecule has 1 fully saturated rings. The maximum absolute atomic E-state index is 5.83. The van der Waals surface area contributed by atoms with Gasteiger partial charge in [-0.25, -0.2) is 0 Å². The van der Waals surface area contributed by atoms with Crippen LogP contribution in [0.5, 0.6) is 0 Å². The number of ether oxygens (including phenoxy) is 2. The van der Waals surface area contributed by atoms with Gasteiger partial charge in [0.1, 0.15) is 0 Å². The van der Waals surface area contributed by atoms with Gasteiger partial charge in [0.25, 0.3) is 0 Å².